The first-order chi connectivity index (χ1) is 13.1. The number of amides is 1. The molecule has 0 fully saturated rings. The van der Waals surface area contributed by atoms with Gasteiger partial charge in [0.25, 0.3) is 11.7 Å². The van der Waals surface area contributed by atoms with Crippen LogP contribution in [0, 0.1) is 0 Å². The molecule has 1 aromatic carbocycles. The minimum absolute atomic E-state index is 0.0626. The zero-order chi connectivity index (χ0) is 18.8. The van der Waals surface area contributed by atoms with E-state index < -0.39 is 11.9 Å². The van der Waals surface area contributed by atoms with E-state index in [0.29, 0.717) is 40.3 Å². The fraction of sp³-hybridized carbons (Fsp3) is 0.211. The highest BCUT2D eigenvalue weighted by molar-refractivity contribution is 7.98. The van der Waals surface area contributed by atoms with Gasteiger partial charge in [-0.3, -0.25) is 4.79 Å². The molecule has 0 radical (unpaired) electrons. The zero-order valence-corrected chi connectivity index (χ0v) is 14.9. The van der Waals surface area contributed by atoms with E-state index in [4.69, 9.17) is 8.83 Å². The van der Waals surface area contributed by atoms with E-state index in [9.17, 15) is 13.6 Å². The lowest BCUT2D eigenvalue weighted by atomic mass is 10.1. The van der Waals surface area contributed by atoms with Crippen LogP contribution in [0.25, 0.3) is 0 Å². The van der Waals surface area contributed by atoms with Crippen LogP contribution in [-0.4, -0.2) is 16.6 Å². The van der Waals surface area contributed by atoms with E-state index in [2.05, 4.69) is 5.32 Å². The molecule has 1 amide bonds. The van der Waals surface area contributed by atoms with Gasteiger partial charge in [-0.1, -0.05) is 23.9 Å². The number of fused-ring (bicyclic) bond motifs is 1. The second kappa shape index (κ2) is 7.48. The first-order valence-corrected chi connectivity index (χ1v) is 9.34. The van der Waals surface area contributed by atoms with Gasteiger partial charge in [-0.05, 0) is 36.4 Å². The van der Waals surface area contributed by atoms with E-state index in [1.54, 1.807) is 47.6 Å². The number of hydrogen-bond donors (Lipinski definition) is 1. The number of nitrogens with zero attached hydrogens (tertiary/aromatic N) is 1. The monoisotopic (exact) mass is 390 g/mol. The fourth-order valence-electron chi connectivity index (χ4n) is 3.02. The maximum absolute atomic E-state index is 13.0. The van der Waals surface area contributed by atoms with Crippen molar-refractivity contribution in [3.05, 3.63) is 77.6 Å². The average Bonchev–Trinajstić information content (AvgIpc) is 3.34. The highest BCUT2D eigenvalue weighted by Crippen LogP contribution is 2.35. The van der Waals surface area contributed by atoms with Gasteiger partial charge in [-0.2, -0.15) is 8.78 Å². The Kier molecular flexibility index (Phi) is 4.89. The second-order valence-corrected chi connectivity index (χ2v) is 6.96. The summed E-state index contributed by atoms with van der Waals surface area (Å²) in [4.78, 5) is 14.6. The van der Waals surface area contributed by atoms with Crippen LogP contribution in [-0.2, 0) is 12.3 Å². The lowest BCUT2D eigenvalue weighted by Gasteiger charge is -2.36. The molecule has 1 aliphatic rings. The molecule has 3 heterocycles. The van der Waals surface area contributed by atoms with E-state index in [1.807, 2.05) is 12.1 Å². The molecule has 0 saturated heterocycles. The minimum atomic E-state index is -2.46. The van der Waals surface area contributed by atoms with E-state index in [1.165, 1.54) is 0 Å². The lowest BCUT2D eigenvalue weighted by Crippen LogP contribution is -2.42. The predicted octanol–water partition coefficient (Wildman–Crippen LogP) is 5.10. The predicted molar refractivity (Wildman–Crippen MR) is 97.4 cm³/mol. The molecule has 140 valence electrons. The molecule has 0 spiro atoms. The number of hydrogen-bond acceptors (Lipinski definition) is 5. The van der Waals surface area contributed by atoms with E-state index in [0.717, 1.165) is 0 Å². The summed E-state index contributed by atoms with van der Waals surface area (Å²) in [6, 6.07) is 14.1. The topological polar surface area (TPSA) is 58.6 Å². The van der Waals surface area contributed by atoms with Crippen LogP contribution in [0.4, 0.5) is 14.5 Å². The summed E-state index contributed by atoms with van der Waals surface area (Å²) >= 11 is 0.495. The Hall–Kier alpha value is -2.74. The smallest absolute Gasteiger partial charge is 0.284 e. The molecular weight excluding hydrogens is 374 g/mol. The summed E-state index contributed by atoms with van der Waals surface area (Å²) in [5.74, 6) is -1.02. The summed E-state index contributed by atoms with van der Waals surface area (Å²) in [6.07, 6.45) is 0.981. The van der Waals surface area contributed by atoms with Crippen LogP contribution >= 0.6 is 11.8 Å². The quantitative estimate of drug-likeness (QED) is 0.635. The molecule has 1 atom stereocenters. The van der Waals surface area contributed by atoms with Crippen molar-refractivity contribution in [2.24, 2.45) is 0 Å². The van der Waals surface area contributed by atoms with Gasteiger partial charge in [0, 0.05) is 5.69 Å². The molecule has 1 aliphatic heterocycles. The van der Waals surface area contributed by atoms with Crippen LogP contribution in [0.1, 0.15) is 33.8 Å². The minimum Gasteiger partial charge on any atom is -0.467 e. The first kappa shape index (κ1) is 17.7. The van der Waals surface area contributed by atoms with E-state index >= 15 is 0 Å². The van der Waals surface area contributed by atoms with Gasteiger partial charge in [-0.15, -0.1) is 0 Å². The molecule has 5 nitrogen and oxygen atoms in total. The summed E-state index contributed by atoms with van der Waals surface area (Å²) in [5, 5.41) is 3.30. The molecule has 2 aromatic heterocycles. The largest absolute Gasteiger partial charge is 0.467 e. The first-order valence-electron chi connectivity index (χ1n) is 8.29. The number of benzene rings is 1. The van der Waals surface area contributed by atoms with Crippen LogP contribution in [0.3, 0.4) is 0 Å². The molecular formula is C19H16F2N2O3S. The average molecular weight is 390 g/mol. The van der Waals surface area contributed by atoms with Gasteiger partial charge in [0.05, 0.1) is 24.1 Å². The molecule has 8 heteroatoms. The van der Waals surface area contributed by atoms with Gasteiger partial charge in [0.1, 0.15) is 17.3 Å². The van der Waals surface area contributed by atoms with Crippen molar-refractivity contribution in [1.82, 2.24) is 4.90 Å². The Morgan fingerprint density at radius 3 is 2.74 bits per heavy atom. The normalized spacial score (nSPS) is 16.5. The van der Waals surface area contributed by atoms with Crippen molar-refractivity contribution in [3.8, 4) is 0 Å². The number of halogens is 2. The van der Waals surface area contributed by atoms with Gasteiger partial charge in [0.2, 0.25) is 0 Å². The van der Waals surface area contributed by atoms with Gasteiger partial charge < -0.3 is 19.1 Å². The van der Waals surface area contributed by atoms with Crippen LogP contribution in [0.5, 0.6) is 0 Å². The van der Waals surface area contributed by atoms with Crippen LogP contribution < -0.4 is 5.32 Å². The molecule has 0 aliphatic carbocycles. The van der Waals surface area contributed by atoms with Crippen LogP contribution in [0.2, 0.25) is 0 Å². The number of thioether (sulfide) groups is 1. The van der Waals surface area contributed by atoms with Gasteiger partial charge in [-0.25, -0.2) is 0 Å². The number of rotatable bonds is 6. The van der Waals surface area contributed by atoms with Crippen molar-refractivity contribution in [3.63, 3.8) is 0 Å². The number of anilines is 1. The Bertz CT molecular complexity index is 927. The van der Waals surface area contributed by atoms with Crippen LogP contribution in [0.15, 0.2) is 63.6 Å². The summed E-state index contributed by atoms with van der Waals surface area (Å²) in [5.41, 5.74) is 1.25. The number of alkyl halides is 2. The van der Waals surface area contributed by atoms with E-state index in [-0.39, 0.29) is 18.2 Å². The molecule has 27 heavy (non-hydrogen) atoms. The maximum Gasteiger partial charge on any atom is 0.284 e. The Balaban J connectivity index is 1.65. The highest BCUT2D eigenvalue weighted by atomic mass is 32.2. The molecule has 3 aromatic rings. The number of carbonyl (C=O) groups excluding carboxylic acids is 1. The summed E-state index contributed by atoms with van der Waals surface area (Å²) in [7, 11) is 0. The molecule has 4 rings (SSSR count). The molecule has 0 saturated carbocycles. The molecule has 1 N–H and O–H groups in total. The highest BCUT2D eigenvalue weighted by Gasteiger charge is 2.35. The van der Waals surface area contributed by atoms with Crippen molar-refractivity contribution in [2.45, 2.75) is 24.2 Å². The standard InChI is InChI=1S/C19H16F2N2O3S/c20-19(21)27-11-13-7-8-16(26-13)17-22-15-6-2-1-5-14(15)18(24)23(17)10-12-4-3-9-25-12/h1-9,17,19,22H,10-11H2/t17-/m0/s1. The third kappa shape index (κ3) is 3.71. The number of para-hydroxylation sites is 1. The van der Waals surface area contributed by atoms with Crippen molar-refractivity contribution < 1.29 is 22.4 Å². The summed E-state index contributed by atoms with van der Waals surface area (Å²) in [6.45, 7) is 0.250. The lowest BCUT2D eigenvalue weighted by molar-refractivity contribution is 0.0628. The Morgan fingerprint density at radius 1 is 1.11 bits per heavy atom. The fourth-order valence-corrected chi connectivity index (χ4v) is 3.46. The third-order valence-corrected chi connectivity index (χ3v) is 4.94. The number of carbonyl (C=O) groups is 1. The Labute approximate surface area is 158 Å². The van der Waals surface area contributed by atoms with Crippen molar-refractivity contribution >= 4 is 23.4 Å². The SMILES string of the molecule is O=C1c2ccccc2N[C@H](c2ccc(CSC(F)F)o2)N1Cc1ccco1. The van der Waals surface area contributed by atoms with Gasteiger partial charge >= 0.3 is 0 Å². The number of nitrogens with one attached hydrogen (secondary N) is 1. The second-order valence-electron chi connectivity index (χ2n) is 5.98. The van der Waals surface area contributed by atoms with Gasteiger partial charge in [0.15, 0.2) is 6.17 Å². The van der Waals surface area contributed by atoms with Crippen molar-refractivity contribution in [2.75, 3.05) is 5.32 Å². The third-order valence-electron chi connectivity index (χ3n) is 4.23. The molecule has 0 bridgehead atoms. The molecule has 0 unspecified atom stereocenters. The number of furan rings is 2. The Morgan fingerprint density at radius 2 is 1.96 bits per heavy atom. The zero-order valence-electron chi connectivity index (χ0n) is 14.1. The maximum atomic E-state index is 13.0. The summed E-state index contributed by atoms with van der Waals surface area (Å²) < 4.78 is 36.0. The van der Waals surface area contributed by atoms with Crippen molar-refractivity contribution in [1.29, 1.82) is 0 Å².